The third-order valence-electron chi connectivity index (χ3n) is 3.95. The molecular weight excluding hydrogens is 632 g/mol. The summed E-state index contributed by atoms with van der Waals surface area (Å²) >= 11 is 0. The van der Waals surface area contributed by atoms with Gasteiger partial charge in [-0.2, -0.15) is 24.3 Å². The molecule has 0 bridgehead atoms. The van der Waals surface area contributed by atoms with Gasteiger partial charge in [0, 0.05) is 32.5 Å². The Labute approximate surface area is 163 Å². The number of nitrogens with zero attached hydrogens (tertiary/aromatic N) is 3. The molecule has 152 valence electrons. The Hall–Kier alpha value is -2.98. The van der Waals surface area contributed by atoms with E-state index >= 15 is 0 Å². The number of likely N-dealkylation sites (N-methyl/N-ethyl adjacent to an activating group) is 1. The Balaban J connectivity index is 0.00000729. The van der Waals surface area contributed by atoms with Gasteiger partial charge in [-0.05, 0) is 21.9 Å². The van der Waals surface area contributed by atoms with Gasteiger partial charge in [-0.3, -0.25) is 19.2 Å². The van der Waals surface area contributed by atoms with E-state index in [4.69, 9.17) is 4.84 Å². The second-order valence-corrected chi connectivity index (χ2v) is 6.84. The largest absolute Gasteiger partial charge is 0.437 e. The second-order valence-electron chi connectivity index (χ2n) is 5.85. The molecule has 0 saturated carbocycles. The molecule has 1 saturated heterocycles. The number of carbonyl (C=O) groups excluding carboxylic acids is 3. The molecule has 1 fully saturated rings. The predicted octanol–water partition coefficient (Wildman–Crippen LogP) is 2.92. The first-order valence-corrected chi connectivity index (χ1v) is 10.5. The fraction of sp³-hybridized carbons (Fsp3) is 0.526. The van der Waals surface area contributed by atoms with E-state index in [2.05, 4.69) is 17.9 Å². The summed E-state index contributed by atoms with van der Waals surface area (Å²) in [4.78, 5) is 42.7. The average molecular weight is 661 g/mol. The topological polar surface area (TPSA) is 70.2 Å². The maximum Gasteiger partial charge on any atom is 0.437 e. The van der Waals surface area contributed by atoms with Gasteiger partial charge in [-0.1, -0.05) is 20.8 Å². The summed E-state index contributed by atoms with van der Waals surface area (Å²) in [7, 11) is 0.169. The normalized spacial score (nSPS) is 15.5. The van der Waals surface area contributed by atoms with Gasteiger partial charge in [-0.25, -0.2) is 4.79 Å². The van der Waals surface area contributed by atoms with Crippen molar-refractivity contribution in [2.75, 3.05) is 32.8 Å². The van der Waals surface area contributed by atoms with Gasteiger partial charge >= 0.3 is 6.09 Å². The van der Waals surface area contributed by atoms with Crippen LogP contribution in [0.1, 0.15) is 33.6 Å². The van der Waals surface area contributed by atoms with Gasteiger partial charge in [0.25, 0.3) is 11.8 Å². The zero-order valence-electron chi connectivity index (χ0n) is 17.2. The number of hydrogen-bond acceptors (Lipinski definition) is 5. The molecule has 1 aliphatic rings. The molecule has 0 radical (unpaired) electrons. The van der Waals surface area contributed by atoms with Crippen molar-refractivity contribution in [1.29, 1.82) is 0 Å². The third-order valence-corrected chi connectivity index (χ3v) is 4.90. The van der Waals surface area contributed by atoms with Crippen molar-refractivity contribution in [3.63, 3.8) is 0 Å². The number of amides is 3. The van der Waals surface area contributed by atoms with E-state index in [9.17, 15) is 14.4 Å². The molecule has 0 aliphatic carbocycles. The van der Waals surface area contributed by atoms with Crippen LogP contribution in [0, 0.1) is 6.08 Å². The van der Waals surface area contributed by atoms with Crippen LogP contribution in [-0.4, -0.2) is 65.4 Å². The molecule has 1 rings (SSSR count). The SMILES string of the molecule is C\C=C/[C-]=C(\C=C/C)CN(CC)CCN(PC)C(=O)ON1C(=O)CCC1=O.[Rf]. The molecule has 1 aliphatic heterocycles. The summed E-state index contributed by atoms with van der Waals surface area (Å²) in [5.41, 5.74) is 1.05. The number of hydrogen-bond donors (Lipinski definition) is 0. The molecule has 9 heteroatoms. The molecule has 0 aromatic rings. The number of imide groups is 1. The van der Waals surface area contributed by atoms with Gasteiger partial charge in [0.15, 0.2) is 0 Å². The number of carbonyl (C=O) groups is 3. The van der Waals surface area contributed by atoms with Crippen LogP contribution in [0.4, 0.5) is 4.79 Å². The summed E-state index contributed by atoms with van der Waals surface area (Å²) in [5, 5.41) is 0.589. The van der Waals surface area contributed by atoms with E-state index in [0.717, 1.165) is 12.1 Å². The van der Waals surface area contributed by atoms with Crippen LogP contribution in [0.25, 0.3) is 0 Å². The molecule has 0 N–H and O–H groups in total. The van der Waals surface area contributed by atoms with Gasteiger partial charge in [-0.15, -0.1) is 16.7 Å². The Morgan fingerprint density at radius 2 is 1.86 bits per heavy atom. The van der Waals surface area contributed by atoms with Gasteiger partial charge in [0.2, 0.25) is 0 Å². The Morgan fingerprint density at radius 1 is 1.21 bits per heavy atom. The van der Waals surface area contributed by atoms with Crippen molar-refractivity contribution in [2.24, 2.45) is 0 Å². The fourth-order valence-corrected chi connectivity index (χ4v) is 3.00. The maximum absolute atomic E-state index is 12.3. The van der Waals surface area contributed by atoms with Crippen molar-refractivity contribution < 1.29 is 19.2 Å². The summed E-state index contributed by atoms with van der Waals surface area (Å²) in [6.07, 6.45) is 10.5. The van der Waals surface area contributed by atoms with E-state index in [-0.39, 0.29) is 21.6 Å². The molecule has 3 amide bonds. The first-order chi connectivity index (χ1) is 13.0. The molecule has 1 unspecified atom stereocenters. The molecule has 1 atom stereocenters. The van der Waals surface area contributed by atoms with E-state index < -0.39 is 17.9 Å². The quantitative estimate of drug-likeness (QED) is 0.156. The third kappa shape index (κ3) is 7.72. The summed E-state index contributed by atoms with van der Waals surface area (Å²) in [6, 6.07) is 0. The minimum absolute atomic E-state index is 0. The smallest absolute Gasteiger partial charge is 0.310 e. The predicted molar refractivity (Wildman–Crippen MR) is 107 cm³/mol. The maximum atomic E-state index is 12.3. The molecule has 1 heterocycles. The minimum Gasteiger partial charge on any atom is -0.310 e. The average Bonchev–Trinajstić information content (AvgIpc) is 2.97. The molecular formula is C19H29N3O4PRf-. The monoisotopic (exact) mass is 661 g/mol. The second kappa shape index (κ2) is 13.2. The van der Waals surface area contributed by atoms with Crippen LogP contribution < -0.4 is 0 Å². The van der Waals surface area contributed by atoms with Crippen LogP contribution in [0.2, 0.25) is 0 Å². The Morgan fingerprint density at radius 3 is 2.36 bits per heavy atom. The van der Waals surface area contributed by atoms with E-state index in [1.807, 2.05) is 44.8 Å². The fourth-order valence-electron chi connectivity index (χ4n) is 2.45. The van der Waals surface area contributed by atoms with E-state index in [0.29, 0.717) is 24.7 Å². The standard InChI is InChI=1S/C19H29N3O4P.Rf/c1-5-8-10-16(9-6-2)15-20(7-3)13-14-21(27-4)19(25)26-22-17(23)11-12-18(22)24;/h5-6,8-9,27H,7,11-15H2,1-4H3;/q-1;/b8-5-,9-6-;. The molecule has 0 aromatic heterocycles. The van der Waals surface area contributed by atoms with Gasteiger partial charge in [0.05, 0.1) is 0 Å². The van der Waals surface area contributed by atoms with Crippen molar-refractivity contribution in [1.82, 2.24) is 14.6 Å². The van der Waals surface area contributed by atoms with Gasteiger partial charge in [0.1, 0.15) is 0 Å². The number of hydroxylamine groups is 2. The number of allylic oxidation sites excluding steroid dienone is 4. The van der Waals surface area contributed by atoms with Crippen LogP contribution in [-0.2, 0) is 14.4 Å². The van der Waals surface area contributed by atoms with Crippen LogP contribution in [0.5, 0.6) is 0 Å². The summed E-state index contributed by atoms with van der Waals surface area (Å²) < 4.78 is 1.51. The van der Waals surface area contributed by atoms with Crippen LogP contribution >= 0.6 is 8.73 Å². The van der Waals surface area contributed by atoms with Gasteiger partial charge < -0.3 is 4.84 Å². The van der Waals surface area contributed by atoms with Crippen molar-refractivity contribution >= 4 is 26.6 Å². The zero-order chi connectivity index (χ0) is 20.2. The zero-order valence-corrected chi connectivity index (χ0v) is 24.6. The van der Waals surface area contributed by atoms with E-state index in [1.165, 1.54) is 4.67 Å². The first-order valence-electron chi connectivity index (χ1n) is 9.07. The molecule has 28 heavy (non-hydrogen) atoms. The summed E-state index contributed by atoms with van der Waals surface area (Å²) in [6.45, 7) is 10.4. The summed E-state index contributed by atoms with van der Waals surface area (Å²) in [5.74, 6) is -0.938. The number of rotatable bonds is 10. The molecule has 0 spiro atoms. The van der Waals surface area contributed by atoms with Crippen LogP contribution in [0.3, 0.4) is 0 Å². The Kier molecular flexibility index (Phi) is 11.8. The molecule has 0 aromatic carbocycles. The minimum atomic E-state index is -0.666. The molecule has 7 nitrogen and oxygen atoms in total. The van der Waals surface area contributed by atoms with Crippen LogP contribution in [0.15, 0.2) is 29.9 Å². The van der Waals surface area contributed by atoms with Crippen molar-refractivity contribution in [3.8, 4) is 0 Å². The Bertz CT molecular complexity index is 606. The first kappa shape index (κ1) is 25.0. The van der Waals surface area contributed by atoms with E-state index in [1.54, 1.807) is 0 Å². The van der Waals surface area contributed by atoms with Crippen molar-refractivity contribution in [2.45, 2.75) is 33.6 Å². The van der Waals surface area contributed by atoms with Crippen molar-refractivity contribution in [3.05, 3.63) is 36.0 Å².